The Kier molecular flexibility index (Phi) is 8.82. The van der Waals surface area contributed by atoms with Crippen molar-refractivity contribution in [1.82, 2.24) is 10.6 Å². The fraction of sp³-hybridized carbons (Fsp3) is 0.923. The molecule has 0 radical (unpaired) electrons. The molecule has 6 heteroatoms. The van der Waals surface area contributed by atoms with Crippen LogP contribution >= 0.6 is 0 Å². The van der Waals surface area contributed by atoms with Crippen LogP contribution in [0.3, 0.4) is 0 Å². The first-order chi connectivity index (χ1) is 14.6. The normalized spacial score (nSPS) is 28.0. The second kappa shape index (κ2) is 10.4. The minimum Gasteiger partial charge on any atom is -0.465 e. The predicted octanol–water partition coefficient (Wildman–Crippen LogP) is 4.75. The van der Waals surface area contributed by atoms with Gasteiger partial charge >= 0.3 is 11.9 Å². The summed E-state index contributed by atoms with van der Waals surface area (Å²) in [5, 5.41) is 7.19. The van der Waals surface area contributed by atoms with Gasteiger partial charge in [0.05, 0.1) is 25.0 Å². The molecule has 2 unspecified atom stereocenters. The summed E-state index contributed by atoms with van der Waals surface area (Å²) in [6.07, 6.45) is 7.10. The first-order valence-electron chi connectivity index (χ1n) is 12.5. The van der Waals surface area contributed by atoms with Crippen LogP contribution in [0.2, 0.25) is 0 Å². The molecule has 2 heterocycles. The van der Waals surface area contributed by atoms with Crippen molar-refractivity contribution in [1.29, 1.82) is 0 Å². The molecular formula is C26H48N2O4. The number of carbonyl (C=O) groups excluding carboxylic acids is 2. The van der Waals surface area contributed by atoms with Crippen LogP contribution < -0.4 is 10.6 Å². The highest BCUT2D eigenvalue weighted by Gasteiger charge is 2.48. The van der Waals surface area contributed by atoms with Gasteiger partial charge in [0.1, 0.15) is 0 Å². The summed E-state index contributed by atoms with van der Waals surface area (Å²) in [4.78, 5) is 25.1. The monoisotopic (exact) mass is 452 g/mol. The van der Waals surface area contributed by atoms with Crippen molar-refractivity contribution in [2.45, 2.75) is 129 Å². The largest absolute Gasteiger partial charge is 0.465 e. The average Bonchev–Trinajstić information content (AvgIpc) is 2.78. The van der Waals surface area contributed by atoms with Crippen molar-refractivity contribution < 1.29 is 19.1 Å². The van der Waals surface area contributed by atoms with Gasteiger partial charge in [-0.2, -0.15) is 0 Å². The summed E-state index contributed by atoms with van der Waals surface area (Å²) in [5.74, 6) is -0.280. The van der Waals surface area contributed by atoms with Crippen molar-refractivity contribution >= 4 is 11.9 Å². The number of ether oxygens (including phenoxy) is 2. The van der Waals surface area contributed by atoms with Crippen molar-refractivity contribution in [2.75, 3.05) is 13.2 Å². The molecule has 0 spiro atoms. The van der Waals surface area contributed by atoms with E-state index in [0.29, 0.717) is 13.2 Å². The first kappa shape index (κ1) is 27.1. The molecule has 0 bridgehead atoms. The molecule has 2 aliphatic heterocycles. The molecule has 0 aromatic carbocycles. The second-order valence-electron chi connectivity index (χ2n) is 12.6. The van der Waals surface area contributed by atoms with Gasteiger partial charge in [0.25, 0.3) is 0 Å². The fourth-order valence-corrected chi connectivity index (χ4v) is 5.76. The molecule has 0 aromatic heterocycles. The van der Waals surface area contributed by atoms with Gasteiger partial charge in [-0.3, -0.25) is 9.59 Å². The summed E-state index contributed by atoms with van der Waals surface area (Å²) in [5.41, 5.74) is -0.296. The Morgan fingerprint density at radius 3 is 1.78 bits per heavy atom. The fourth-order valence-electron chi connectivity index (χ4n) is 5.76. The van der Waals surface area contributed by atoms with Gasteiger partial charge in [-0.25, -0.2) is 0 Å². The van der Waals surface area contributed by atoms with Crippen LogP contribution in [0.4, 0.5) is 0 Å². The van der Waals surface area contributed by atoms with Crippen LogP contribution in [0.5, 0.6) is 0 Å². The zero-order valence-electron chi connectivity index (χ0n) is 21.9. The maximum atomic E-state index is 12.6. The summed E-state index contributed by atoms with van der Waals surface area (Å²) in [6.45, 7) is 18.1. The predicted molar refractivity (Wildman–Crippen MR) is 128 cm³/mol. The van der Waals surface area contributed by atoms with E-state index in [9.17, 15) is 9.59 Å². The number of nitrogens with one attached hydrogen (secondary N) is 2. The maximum Gasteiger partial charge on any atom is 0.310 e. The summed E-state index contributed by atoms with van der Waals surface area (Å²) >= 11 is 0. The molecule has 6 nitrogen and oxygen atoms in total. The molecule has 0 amide bonds. The Morgan fingerprint density at radius 2 is 1.25 bits per heavy atom. The number of hydrogen-bond acceptors (Lipinski definition) is 6. The van der Waals surface area contributed by atoms with Crippen LogP contribution in [-0.2, 0) is 19.1 Å². The molecule has 32 heavy (non-hydrogen) atoms. The Hall–Kier alpha value is -1.14. The van der Waals surface area contributed by atoms with E-state index < -0.39 is 0 Å². The summed E-state index contributed by atoms with van der Waals surface area (Å²) in [6, 6.07) is 0. The van der Waals surface area contributed by atoms with Gasteiger partial charge in [0.2, 0.25) is 0 Å². The lowest BCUT2D eigenvalue weighted by molar-refractivity contribution is -0.151. The van der Waals surface area contributed by atoms with Crippen molar-refractivity contribution in [3.63, 3.8) is 0 Å². The Bertz CT molecular complexity index is 654. The topological polar surface area (TPSA) is 76.7 Å². The zero-order chi connectivity index (χ0) is 24.2. The van der Waals surface area contributed by atoms with Gasteiger partial charge in [0, 0.05) is 22.2 Å². The molecule has 2 saturated heterocycles. The highest BCUT2D eigenvalue weighted by molar-refractivity contribution is 5.75. The van der Waals surface area contributed by atoms with Gasteiger partial charge in [-0.05, 0) is 107 Å². The molecule has 2 N–H and O–H groups in total. The average molecular weight is 453 g/mol. The van der Waals surface area contributed by atoms with E-state index >= 15 is 0 Å². The van der Waals surface area contributed by atoms with Crippen molar-refractivity contribution in [3.05, 3.63) is 0 Å². The maximum absolute atomic E-state index is 12.6. The van der Waals surface area contributed by atoms with E-state index in [0.717, 1.165) is 51.4 Å². The SMILES string of the molecule is CC1(C)CCC(C(=O)OCCCCCCOC(=O)C2CC(C)(C)NC2(C)C)CC(C)(C)N1. The number of rotatable bonds is 9. The van der Waals surface area contributed by atoms with Gasteiger partial charge < -0.3 is 20.1 Å². The molecule has 0 aromatic rings. The minimum atomic E-state index is -0.233. The highest BCUT2D eigenvalue weighted by atomic mass is 16.5. The third-order valence-electron chi connectivity index (χ3n) is 6.94. The van der Waals surface area contributed by atoms with Crippen LogP contribution in [0.25, 0.3) is 0 Å². The molecule has 2 rings (SSSR count). The number of unbranched alkanes of at least 4 members (excludes halogenated alkanes) is 3. The highest BCUT2D eigenvalue weighted by Crippen LogP contribution is 2.36. The lowest BCUT2D eigenvalue weighted by atomic mass is 9.87. The van der Waals surface area contributed by atoms with E-state index in [1.54, 1.807) is 0 Å². The van der Waals surface area contributed by atoms with Crippen LogP contribution in [-0.4, -0.2) is 47.3 Å². The molecule has 2 aliphatic rings. The van der Waals surface area contributed by atoms with E-state index in [2.05, 4.69) is 66.0 Å². The molecule has 186 valence electrons. The smallest absolute Gasteiger partial charge is 0.310 e. The third-order valence-corrected chi connectivity index (χ3v) is 6.94. The molecule has 0 saturated carbocycles. The molecule has 2 atom stereocenters. The van der Waals surface area contributed by atoms with Gasteiger partial charge in [-0.1, -0.05) is 0 Å². The van der Waals surface area contributed by atoms with E-state index in [-0.39, 0.29) is 45.9 Å². The quantitative estimate of drug-likeness (QED) is 0.388. The van der Waals surface area contributed by atoms with Crippen molar-refractivity contribution in [2.24, 2.45) is 11.8 Å². The molecule has 2 fully saturated rings. The second-order valence-corrected chi connectivity index (χ2v) is 12.6. The minimum absolute atomic E-state index is 0.0296. The van der Waals surface area contributed by atoms with Crippen LogP contribution in [0.1, 0.15) is 107 Å². The molecule has 0 aliphatic carbocycles. The number of carbonyl (C=O) groups is 2. The Balaban J connectivity index is 1.58. The number of hydrogen-bond donors (Lipinski definition) is 2. The zero-order valence-corrected chi connectivity index (χ0v) is 21.9. The van der Waals surface area contributed by atoms with Crippen LogP contribution in [0, 0.1) is 11.8 Å². The van der Waals surface area contributed by atoms with E-state index in [4.69, 9.17) is 9.47 Å². The molecular weight excluding hydrogens is 404 g/mol. The standard InChI is InChI=1S/C26H48N2O4/c1-23(2)14-13-19(17-24(3,4)27-23)21(29)31-15-11-9-10-12-16-32-22(30)20-18-25(5,6)28-26(20,7)8/h19-20,27-28H,9-18H2,1-8H3. The summed E-state index contributed by atoms with van der Waals surface area (Å²) in [7, 11) is 0. The van der Waals surface area contributed by atoms with Gasteiger partial charge in [-0.15, -0.1) is 0 Å². The third kappa shape index (κ3) is 8.33. The van der Waals surface area contributed by atoms with Gasteiger partial charge in [0.15, 0.2) is 0 Å². The lowest BCUT2D eigenvalue weighted by Crippen LogP contribution is -2.50. The van der Waals surface area contributed by atoms with Crippen LogP contribution in [0.15, 0.2) is 0 Å². The lowest BCUT2D eigenvalue weighted by Gasteiger charge is -2.34. The summed E-state index contributed by atoms with van der Waals surface area (Å²) < 4.78 is 11.2. The first-order valence-corrected chi connectivity index (χ1v) is 12.5. The number of esters is 2. The Morgan fingerprint density at radius 1 is 0.719 bits per heavy atom. The Labute approximate surface area is 196 Å². The van der Waals surface area contributed by atoms with E-state index in [1.165, 1.54) is 0 Å². The van der Waals surface area contributed by atoms with Crippen molar-refractivity contribution in [3.8, 4) is 0 Å². The van der Waals surface area contributed by atoms with E-state index in [1.807, 2.05) is 0 Å².